The van der Waals surface area contributed by atoms with E-state index in [1.165, 1.54) is 0 Å². The van der Waals surface area contributed by atoms with Crippen LogP contribution in [0.4, 0.5) is 16.2 Å². The standard InChI is InChI=1S/C22H17Cl2N3O2S/c1-13-10-15(29-12-21-26-19-4-2-3-5-20(19)30-21)7-9-18(13)27-22(28)25-14-6-8-16(23)17(24)11-14/h2-11H,12H2,1H3,(H2,25,27,28). The third-order valence-corrected chi connectivity index (χ3v) is 6.07. The van der Waals surface area contributed by atoms with Crippen molar-refractivity contribution in [3.63, 3.8) is 0 Å². The zero-order valence-corrected chi connectivity index (χ0v) is 18.2. The van der Waals surface area contributed by atoms with E-state index in [0.29, 0.717) is 33.8 Å². The van der Waals surface area contributed by atoms with Crippen molar-refractivity contribution in [1.82, 2.24) is 4.98 Å². The van der Waals surface area contributed by atoms with Gasteiger partial charge < -0.3 is 15.4 Å². The molecule has 0 bridgehead atoms. The number of carbonyl (C=O) groups is 1. The van der Waals surface area contributed by atoms with E-state index in [1.54, 1.807) is 35.6 Å². The second kappa shape index (κ2) is 8.92. The Morgan fingerprint density at radius 3 is 2.63 bits per heavy atom. The topological polar surface area (TPSA) is 63.2 Å². The van der Waals surface area contributed by atoms with E-state index in [-0.39, 0.29) is 6.03 Å². The number of thiazole rings is 1. The second-order valence-corrected chi connectivity index (χ2v) is 8.48. The van der Waals surface area contributed by atoms with E-state index in [9.17, 15) is 4.79 Å². The zero-order valence-electron chi connectivity index (χ0n) is 15.9. The second-order valence-electron chi connectivity index (χ2n) is 6.55. The van der Waals surface area contributed by atoms with Gasteiger partial charge in [-0.3, -0.25) is 0 Å². The van der Waals surface area contributed by atoms with Crippen LogP contribution in [-0.2, 0) is 6.61 Å². The van der Waals surface area contributed by atoms with Gasteiger partial charge in [0.1, 0.15) is 17.4 Å². The average molecular weight is 458 g/mol. The Kier molecular flexibility index (Phi) is 6.08. The van der Waals surface area contributed by atoms with Crippen LogP contribution >= 0.6 is 34.5 Å². The van der Waals surface area contributed by atoms with Crippen molar-refractivity contribution in [3.8, 4) is 5.75 Å². The van der Waals surface area contributed by atoms with Gasteiger partial charge in [0.15, 0.2) is 0 Å². The highest BCUT2D eigenvalue weighted by Gasteiger charge is 2.09. The highest BCUT2D eigenvalue weighted by Crippen LogP contribution is 2.27. The summed E-state index contributed by atoms with van der Waals surface area (Å²) in [6.45, 7) is 2.29. The van der Waals surface area contributed by atoms with Crippen LogP contribution < -0.4 is 15.4 Å². The van der Waals surface area contributed by atoms with Crippen LogP contribution in [0.2, 0.25) is 10.0 Å². The van der Waals surface area contributed by atoms with Gasteiger partial charge in [0.05, 0.1) is 20.3 Å². The van der Waals surface area contributed by atoms with E-state index in [4.69, 9.17) is 27.9 Å². The van der Waals surface area contributed by atoms with Crippen molar-refractivity contribution in [2.45, 2.75) is 13.5 Å². The molecule has 0 unspecified atom stereocenters. The Bertz CT molecular complexity index is 1190. The van der Waals surface area contributed by atoms with Gasteiger partial charge in [-0.05, 0) is 61.0 Å². The summed E-state index contributed by atoms with van der Waals surface area (Å²) < 4.78 is 7.01. The minimum atomic E-state index is -0.375. The fourth-order valence-electron chi connectivity index (χ4n) is 2.85. The summed E-state index contributed by atoms with van der Waals surface area (Å²) in [5.74, 6) is 0.710. The van der Waals surface area contributed by atoms with Gasteiger partial charge in [0.25, 0.3) is 0 Å². The number of ether oxygens (including phenoxy) is 1. The number of carbonyl (C=O) groups excluding carboxylic acids is 1. The molecule has 0 spiro atoms. The quantitative estimate of drug-likeness (QED) is 0.334. The van der Waals surface area contributed by atoms with Gasteiger partial charge >= 0.3 is 6.03 Å². The molecular formula is C22H17Cl2N3O2S. The summed E-state index contributed by atoms with van der Waals surface area (Å²) in [5, 5.41) is 7.27. The normalized spacial score (nSPS) is 10.8. The van der Waals surface area contributed by atoms with Gasteiger partial charge in [0.2, 0.25) is 0 Å². The van der Waals surface area contributed by atoms with Crippen molar-refractivity contribution in [1.29, 1.82) is 0 Å². The number of hydrogen-bond donors (Lipinski definition) is 2. The highest BCUT2D eigenvalue weighted by molar-refractivity contribution is 7.18. The number of anilines is 2. The molecule has 3 aromatic carbocycles. The van der Waals surface area contributed by atoms with Crippen LogP contribution in [0.3, 0.4) is 0 Å². The lowest BCUT2D eigenvalue weighted by molar-refractivity contribution is 0.262. The zero-order chi connectivity index (χ0) is 21.1. The third kappa shape index (κ3) is 4.84. The molecular weight excluding hydrogens is 441 g/mol. The molecule has 0 aliphatic carbocycles. The number of amides is 2. The van der Waals surface area contributed by atoms with E-state index >= 15 is 0 Å². The number of urea groups is 1. The SMILES string of the molecule is Cc1cc(OCc2nc3ccccc3s2)ccc1NC(=O)Nc1ccc(Cl)c(Cl)c1. The predicted molar refractivity (Wildman–Crippen MR) is 124 cm³/mol. The molecule has 0 fully saturated rings. The van der Waals surface area contributed by atoms with E-state index < -0.39 is 0 Å². The number of benzene rings is 3. The Morgan fingerprint density at radius 1 is 1.03 bits per heavy atom. The predicted octanol–water partition coefficient (Wildman–Crippen LogP) is 7.13. The van der Waals surface area contributed by atoms with E-state index in [2.05, 4.69) is 15.6 Å². The van der Waals surface area contributed by atoms with Crippen LogP contribution in [0.15, 0.2) is 60.7 Å². The molecule has 8 heteroatoms. The first-order valence-electron chi connectivity index (χ1n) is 9.09. The molecule has 0 aliphatic rings. The van der Waals surface area contributed by atoms with Crippen LogP contribution in [0.25, 0.3) is 10.2 Å². The van der Waals surface area contributed by atoms with Gasteiger partial charge in [-0.25, -0.2) is 9.78 Å². The van der Waals surface area contributed by atoms with E-state index in [0.717, 1.165) is 20.8 Å². The Hall–Kier alpha value is -2.80. The monoisotopic (exact) mass is 457 g/mol. The fourth-order valence-corrected chi connectivity index (χ4v) is 4.03. The molecule has 5 nitrogen and oxygen atoms in total. The van der Waals surface area contributed by atoms with Gasteiger partial charge in [0, 0.05) is 11.4 Å². The number of nitrogens with zero attached hydrogens (tertiary/aromatic N) is 1. The minimum Gasteiger partial charge on any atom is -0.486 e. The summed E-state index contributed by atoms with van der Waals surface area (Å²) in [7, 11) is 0. The van der Waals surface area contributed by atoms with Crippen molar-refractivity contribution >= 4 is 62.2 Å². The molecule has 152 valence electrons. The van der Waals surface area contributed by atoms with Crippen LogP contribution in [0.1, 0.15) is 10.6 Å². The van der Waals surface area contributed by atoms with Crippen LogP contribution in [0.5, 0.6) is 5.75 Å². The molecule has 0 atom stereocenters. The average Bonchev–Trinajstić information content (AvgIpc) is 3.14. The first kappa shape index (κ1) is 20.5. The number of halogens is 2. The number of aromatic nitrogens is 1. The van der Waals surface area contributed by atoms with Gasteiger partial charge in [-0.15, -0.1) is 11.3 Å². The molecule has 0 saturated heterocycles. The summed E-state index contributed by atoms with van der Waals surface area (Å²) in [4.78, 5) is 16.8. The van der Waals surface area contributed by atoms with Crippen molar-refractivity contribution in [3.05, 3.63) is 81.3 Å². The van der Waals surface area contributed by atoms with Crippen molar-refractivity contribution in [2.24, 2.45) is 0 Å². The molecule has 0 radical (unpaired) electrons. The molecule has 2 N–H and O–H groups in total. The maximum absolute atomic E-state index is 12.3. The maximum Gasteiger partial charge on any atom is 0.323 e. The molecule has 0 aliphatic heterocycles. The number of fused-ring (bicyclic) bond motifs is 1. The minimum absolute atomic E-state index is 0.375. The number of rotatable bonds is 5. The summed E-state index contributed by atoms with van der Waals surface area (Å²) in [6.07, 6.45) is 0. The highest BCUT2D eigenvalue weighted by atomic mass is 35.5. The fraction of sp³-hybridized carbons (Fsp3) is 0.0909. The molecule has 30 heavy (non-hydrogen) atoms. The molecule has 0 saturated carbocycles. The molecule has 2 amide bonds. The summed E-state index contributed by atoms with van der Waals surface area (Å²) >= 11 is 13.5. The Labute approximate surface area is 187 Å². The van der Waals surface area contributed by atoms with Crippen molar-refractivity contribution in [2.75, 3.05) is 10.6 Å². The lowest BCUT2D eigenvalue weighted by Gasteiger charge is -2.12. The molecule has 1 aromatic heterocycles. The largest absolute Gasteiger partial charge is 0.486 e. The molecule has 1 heterocycles. The summed E-state index contributed by atoms with van der Waals surface area (Å²) in [6, 6.07) is 18.0. The number of nitrogens with one attached hydrogen (secondary N) is 2. The first-order valence-corrected chi connectivity index (χ1v) is 10.7. The van der Waals surface area contributed by atoms with Crippen LogP contribution in [0, 0.1) is 6.92 Å². The number of hydrogen-bond acceptors (Lipinski definition) is 4. The van der Waals surface area contributed by atoms with Crippen LogP contribution in [-0.4, -0.2) is 11.0 Å². The van der Waals surface area contributed by atoms with E-state index in [1.807, 2.05) is 43.3 Å². The smallest absolute Gasteiger partial charge is 0.323 e. The van der Waals surface area contributed by atoms with Gasteiger partial charge in [-0.1, -0.05) is 35.3 Å². The number of aryl methyl sites for hydroxylation is 1. The van der Waals surface area contributed by atoms with Crippen molar-refractivity contribution < 1.29 is 9.53 Å². The molecule has 4 aromatic rings. The van der Waals surface area contributed by atoms with Gasteiger partial charge in [-0.2, -0.15) is 0 Å². The molecule has 4 rings (SSSR count). The Balaban J connectivity index is 1.37. The third-order valence-electron chi connectivity index (χ3n) is 4.32. The summed E-state index contributed by atoms with van der Waals surface area (Å²) in [5.41, 5.74) is 3.08. The first-order chi connectivity index (χ1) is 14.5. The lowest BCUT2D eigenvalue weighted by atomic mass is 10.2. The number of para-hydroxylation sites is 1. The Morgan fingerprint density at radius 2 is 1.87 bits per heavy atom. The maximum atomic E-state index is 12.3. The lowest BCUT2D eigenvalue weighted by Crippen LogP contribution is -2.19.